The summed E-state index contributed by atoms with van der Waals surface area (Å²) in [5.74, 6) is -2.40. The van der Waals surface area contributed by atoms with Gasteiger partial charge in [0.1, 0.15) is 10.5 Å². The predicted molar refractivity (Wildman–Crippen MR) is 140 cm³/mol. The normalized spacial score (nSPS) is 16.4. The highest BCUT2D eigenvalue weighted by atomic mass is 32.2. The number of halogens is 2. The van der Waals surface area contributed by atoms with Crippen molar-refractivity contribution in [3.63, 3.8) is 0 Å². The zero-order valence-corrected chi connectivity index (χ0v) is 23.9. The van der Waals surface area contributed by atoms with Crippen LogP contribution in [0.4, 0.5) is 19.4 Å². The van der Waals surface area contributed by atoms with Gasteiger partial charge in [-0.3, -0.25) is 4.90 Å². The molecule has 0 saturated heterocycles. The van der Waals surface area contributed by atoms with Crippen LogP contribution < -0.4 is 14.4 Å². The average Bonchev–Trinajstić information content (AvgIpc) is 3.62. The topological polar surface area (TPSA) is 145 Å². The number of sulfone groups is 1. The van der Waals surface area contributed by atoms with E-state index in [1.54, 1.807) is 27.7 Å². The van der Waals surface area contributed by atoms with Crippen LogP contribution in [0.1, 0.15) is 68.9 Å². The monoisotopic (exact) mass is 593 g/mol. The number of ether oxygens (including phenoxy) is 4. The van der Waals surface area contributed by atoms with Crippen molar-refractivity contribution < 1.29 is 45.7 Å². The minimum atomic E-state index is -4.02. The summed E-state index contributed by atoms with van der Waals surface area (Å²) in [5, 5.41) is 9.66. The molecule has 0 atom stereocenters. The van der Waals surface area contributed by atoms with Gasteiger partial charge < -0.3 is 18.9 Å². The van der Waals surface area contributed by atoms with Gasteiger partial charge in [-0.25, -0.2) is 23.0 Å². The second-order valence-electron chi connectivity index (χ2n) is 10.6. The third-order valence-corrected chi connectivity index (χ3v) is 8.12. The molecule has 1 aliphatic heterocycles. The Hall–Kier alpha value is -3.99. The number of pyridine rings is 1. The van der Waals surface area contributed by atoms with E-state index in [0.717, 1.165) is 17.0 Å². The molecule has 11 nitrogen and oxygen atoms in total. The number of carbonyl (C=O) groups excluding carboxylic acids is 2. The van der Waals surface area contributed by atoms with E-state index in [2.05, 4.69) is 20.5 Å². The summed E-state index contributed by atoms with van der Waals surface area (Å²) in [5.41, 5.74) is -1.77. The third kappa shape index (κ3) is 6.19. The van der Waals surface area contributed by atoms with Crippen LogP contribution in [0.15, 0.2) is 29.3 Å². The Labute approximate surface area is 235 Å². The first-order chi connectivity index (χ1) is 19.0. The maximum absolute atomic E-state index is 13.8. The SMILES string of the molecule is CCOC(=O)c1cc2c(cc1CN(C(=O)OC(C)(C)C)c1ncc(C3(C#N)CC3)cc1S(=O)(=O)CC)OC(F)(F)O2. The smallest absolute Gasteiger partial charge is 0.462 e. The van der Waals surface area contributed by atoms with Gasteiger partial charge in [0, 0.05) is 6.20 Å². The minimum Gasteiger partial charge on any atom is -0.462 e. The quantitative estimate of drug-likeness (QED) is 0.389. The zero-order chi connectivity index (χ0) is 30.4. The van der Waals surface area contributed by atoms with Crippen molar-refractivity contribution in [2.24, 2.45) is 0 Å². The Morgan fingerprint density at radius 2 is 1.78 bits per heavy atom. The molecule has 2 aliphatic rings. The number of anilines is 1. The van der Waals surface area contributed by atoms with Crippen molar-refractivity contribution in [1.82, 2.24) is 4.98 Å². The highest BCUT2D eigenvalue weighted by Gasteiger charge is 2.47. The Bertz CT molecular complexity index is 1540. The molecule has 41 heavy (non-hydrogen) atoms. The molecule has 1 saturated carbocycles. The summed E-state index contributed by atoms with van der Waals surface area (Å²) in [4.78, 5) is 31.2. The number of aromatic nitrogens is 1. The molecule has 0 bridgehead atoms. The number of amides is 1. The van der Waals surface area contributed by atoms with Crippen molar-refractivity contribution in [1.29, 1.82) is 5.26 Å². The lowest BCUT2D eigenvalue weighted by Crippen LogP contribution is -2.38. The summed E-state index contributed by atoms with van der Waals surface area (Å²) in [6, 6.07) is 5.59. The number of nitriles is 1. The van der Waals surface area contributed by atoms with E-state index in [0.29, 0.717) is 18.4 Å². The number of carbonyl (C=O) groups is 2. The zero-order valence-electron chi connectivity index (χ0n) is 23.1. The largest absolute Gasteiger partial charge is 0.586 e. The molecule has 0 unspecified atom stereocenters. The van der Waals surface area contributed by atoms with Crippen molar-refractivity contribution >= 4 is 27.7 Å². The van der Waals surface area contributed by atoms with E-state index in [1.807, 2.05) is 0 Å². The predicted octanol–water partition coefficient (Wildman–Crippen LogP) is 4.87. The number of benzene rings is 1. The van der Waals surface area contributed by atoms with Crippen LogP contribution in [-0.4, -0.2) is 49.7 Å². The Balaban J connectivity index is 1.90. The van der Waals surface area contributed by atoms with E-state index in [1.165, 1.54) is 19.2 Å². The number of hydrogen-bond donors (Lipinski definition) is 0. The summed E-state index contributed by atoms with van der Waals surface area (Å²) in [6.45, 7) is 7.17. The second-order valence-corrected chi connectivity index (χ2v) is 12.8. The molecule has 220 valence electrons. The standard InChI is InChI=1S/C27H29F2N3O8S/c1-6-37-23(33)18-12-20-19(38-27(28,29)39-20)10-16(18)14-32(24(34)40-25(3,4)5)22-21(41(35,36)7-2)11-17(13-31-22)26(15-30)8-9-26/h10-13H,6-9,14H2,1-5H3. The first-order valence-corrected chi connectivity index (χ1v) is 14.4. The summed E-state index contributed by atoms with van der Waals surface area (Å²) in [7, 11) is -4.02. The van der Waals surface area contributed by atoms with Crippen LogP contribution in [0.5, 0.6) is 11.5 Å². The van der Waals surface area contributed by atoms with Gasteiger partial charge in [-0.2, -0.15) is 5.26 Å². The van der Waals surface area contributed by atoms with E-state index in [9.17, 15) is 32.0 Å². The van der Waals surface area contributed by atoms with E-state index in [4.69, 9.17) is 9.47 Å². The molecule has 0 radical (unpaired) electrons. The molecule has 1 aromatic heterocycles. The summed E-state index contributed by atoms with van der Waals surface area (Å²) in [6.07, 6.45) is -2.64. The molecule has 14 heteroatoms. The minimum absolute atomic E-state index is 0.0317. The summed E-state index contributed by atoms with van der Waals surface area (Å²) < 4.78 is 73.8. The fraction of sp³-hybridized carbons (Fsp3) is 0.481. The number of nitrogens with zero attached hydrogens (tertiary/aromatic N) is 3. The molecule has 1 aliphatic carbocycles. The average molecular weight is 594 g/mol. The van der Waals surface area contributed by atoms with Gasteiger partial charge in [-0.1, -0.05) is 6.92 Å². The van der Waals surface area contributed by atoms with Crippen LogP contribution in [0.25, 0.3) is 0 Å². The van der Waals surface area contributed by atoms with E-state index >= 15 is 0 Å². The van der Waals surface area contributed by atoms with Gasteiger partial charge in [0.25, 0.3) is 0 Å². The van der Waals surface area contributed by atoms with Gasteiger partial charge >= 0.3 is 18.4 Å². The fourth-order valence-corrected chi connectivity index (χ4v) is 5.22. The Kier molecular flexibility index (Phi) is 7.64. The Morgan fingerprint density at radius 3 is 2.32 bits per heavy atom. The number of esters is 1. The molecule has 1 fully saturated rings. The maximum atomic E-state index is 13.8. The molecule has 0 spiro atoms. The fourth-order valence-electron chi connectivity index (χ4n) is 4.16. The number of alkyl halides is 2. The van der Waals surface area contributed by atoms with Crippen molar-refractivity contribution in [2.45, 2.75) is 76.2 Å². The summed E-state index contributed by atoms with van der Waals surface area (Å²) >= 11 is 0. The number of rotatable bonds is 8. The second kappa shape index (κ2) is 10.4. The Morgan fingerprint density at radius 1 is 1.15 bits per heavy atom. The molecular weight excluding hydrogens is 564 g/mol. The van der Waals surface area contributed by atoms with Gasteiger partial charge in [0.15, 0.2) is 27.2 Å². The van der Waals surface area contributed by atoms with Gasteiger partial charge in [0.05, 0.1) is 36.0 Å². The van der Waals surface area contributed by atoms with Crippen LogP contribution in [0.2, 0.25) is 0 Å². The molecule has 1 aromatic carbocycles. The molecule has 4 rings (SSSR count). The third-order valence-electron chi connectivity index (χ3n) is 6.39. The van der Waals surface area contributed by atoms with Gasteiger partial charge in [0.2, 0.25) is 0 Å². The molecular formula is C27H29F2N3O8S. The maximum Gasteiger partial charge on any atom is 0.586 e. The van der Waals surface area contributed by atoms with E-state index in [-0.39, 0.29) is 34.2 Å². The molecule has 0 N–H and O–H groups in total. The van der Waals surface area contributed by atoms with Crippen LogP contribution >= 0.6 is 0 Å². The first kappa shape index (κ1) is 30.0. The van der Waals surface area contributed by atoms with Gasteiger partial charge in [-0.05, 0) is 69.9 Å². The highest BCUT2D eigenvalue weighted by molar-refractivity contribution is 7.91. The van der Waals surface area contributed by atoms with Crippen LogP contribution in [-0.2, 0) is 31.3 Å². The van der Waals surface area contributed by atoms with E-state index < -0.39 is 57.3 Å². The van der Waals surface area contributed by atoms with Crippen molar-refractivity contribution in [2.75, 3.05) is 17.3 Å². The molecule has 2 aromatic rings. The number of hydrogen-bond acceptors (Lipinski definition) is 10. The lowest BCUT2D eigenvalue weighted by atomic mass is 10.00. The lowest BCUT2D eigenvalue weighted by molar-refractivity contribution is -0.286. The lowest BCUT2D eigenvalue weighted by Gasteiger charge is -2.28. The van der Waals surface area contributed by atoms with Crippen LogP contribution in [0, 0.1) is 11.3 Å². The van der Waals surface area contributed by atoms with Gasteiger partial charge in [-0.15, -0.1) is 8.78 Å². The van der Waals surface area contributed by atoms with Crippen LogP contribution in [0.3, 0.4) is 0 Å². The molecule has 1 amide bonds. The number of fused-ring (bicyclic) bond motifs is 1. The first-order valence-electron chi connectivity index (χ1n) is 12.8. The highest BCUT2D eigenvalue weighted by Crippen LogP contribution is 2.48. The van der Waals surface area contributed by atoms with Crippen molar-refractivity contribution in [3.05, 3.63) is 41.1 Å². The molecule has 2 heterocycles. The van der Waals surface area contributed by atoms with Crippen molar-refractivity contribution in [3.8, 4) is 17.6 Å².